The SMILES string of the molecule is CC=O.Cc1ncccc1-c1c(C)n(CC2=CC=CCC2F)c2ccc(C(F)(F)F)cc12. The summed E-state index contributed by atoms with van der Waals surface area (Å²) in [6, 6.07) is 7.37. The molecule has 0 spiro atoms. The van der Waals surface area contributed by atoms with Gasteiger partial charge in [-0.15, -0.1) is 0 Å². The predicted octanol–water partition coefficient (Wildman–Crippen LogP) is 6.77. The van der Waals surface area contributed by atoms with Gasteiger partial charge in [-0.25, -0.2) is 4.39 Å². The Kier molecular flexibility index (Phi) is 6.96. The van der Waals surface area contributed by atoms with Crippen LogP contribution in [0.2, 0.25) is 0 Å². The molecule has 1 unspecified atom stereocenters. The third-order valence-electron chi connectivity index (χ3n) is 5.46. The molecule has 0 aliphatic heterocycles. The topological polar surface area (TPSA) is 34.9 Å². The lowest BCUT2D eigenvalue weighted by Crippen LogP contribution is -2.13. The highest BCUT2D eigenvalue weighted by Crippen LogP contribution is 2.40. The second-order valence-corrected chi connectivity index (χ2v) is 7.52. The van der Waals surface area contributed by atoms with Gasteiger partial charge in [-0.3, -0.25) is 4.98 Å². The molecule has 0 saturated carbocycles. The van der Waals surface area contributed by atoms with Crippen LogP contribution in [0.25, 0.3) is 22.0 Å². The lowest BCUT2D eigenvalue weighted by atomic mass is 10.00. The Morgan fingerprint density at radius 3 is 2.56 bits per heavy atom. The average Bonchev–Trinajstić information content (AvgIpc) is 3.01. The first-order valence-electron chi connectivity index (χ1n) is 10.2. The minimum Gasteiger partial charge on any atom is -0.340 e. The standard InChI is InChI=1S/C23H20F4N2.C2H4O/c1-14-18(7-5-11-28-14)22-15(2)29(13-16-6-3-4-8-20(16)24)21-10-9-17(12-19(21)22)23(25,26)27;1-2-3/h3-7,9-12,20H,8,13H2,1-2H3;2H,1H3. The summed E-state index contributed by atoms with van der Waals surface area (Å²) in [6.45, 7) is 5.43. The summed E-state index contributed by atoms with van der Waals surface area (Å²) in [4.78, 5) is 13.1. The number of alkyl halides is 4. The number of hydrogen-bond donors (Lipinski definition) is 0. The Balaban J connectivity index is 0.000000913. The molecular weight excluding hydrogens is 420 g/mol. The molecular formula is C25H24F4N2O. The fourth-order valence-electron chi connectivity index (χ4n) is 3.93. The van der Waals surface area contributed by atoms with E-state index in [1.165, 1.54) is 19.1 Å². The van der Waals surface area contributed by atoms with Gasteiger partial charge in [0.1, 0.15) is 12.5 Å². The Morgan fingerprint density at radius 1 is 1.22 bits per heavy atom. The highest BCUT2D eigenvalue weighted by Gasteiger charge is 2.32. The molecule has 2 heterocycles. The Morgan fingerprint density at radius 2 is 1.94 bits per heavy atom. The highest BCUT2D eigenvalue weighted by molar-refractivity contribution is 5.99. The quantitative estimate of drug-likeness (QED) is 0.330. The van der Waals surface area contributed by atoms with E-state index in [2.05, 4.69) is 4.98 Å². The first-order valence-corrected chi connectivity index (χ1v) is 10.2. The molecule has 0 N–H and O–H groups in total. The number of aromatic nitrogens is 2. The van der Waals surface area contributed by atoms with E-state index < -0.39 is 17.9 Å². The first-order chi connectivity index (χ1) is 15.2. The van der Waals surface area contributed by atoms with Crippen LogP contribution >= 0.6 is 0 Å². The number of allylic oxidation sites excluding steroid dienone is 4. The molecule has 1 atom stereocenters. The number of hydrogen-bond acceptors (Lipinski definition) is 2. The molecule has 1 aliphatic carbocycles. The van der Waals surface area contributed by atoms with E-state index >= 15 is 0 Å². The molecule has 0 radical (unpaired) electrons. The first kappa shape index (κ1) is 23.4. The van der Waals surface area contributed by atoms with Crippen LogP contribution < -0.4 is 0 Å². The van der Waals surface area contributed by atoms with E-state index in [1.54, 1.807) is 24.4 Å². The van der Waals surface area contributed by atoms with E-state index in [0.717, 1.165) is 29.3 Å². The van der Waals surface area contributed by atoms with Gasteiger partial charge in [-0.1, -0.05) is 24.3 Å². The zero-order chi connectivity index (χ0) is 23.5. The summed E-state index contributed by atoms with van der Waals surface area (Å²) in [5.41, 5.74) is 3.57. The molecule has 3 nitrogen and oxygen atoms in total. The monoisotopic (exact) mass is 444 g/mol. The molecule has 0 amide bonds. The number of nitrogens with zero attached hydrogens (tertiary/aromatic N) is 2. The van der Waals surface area contributed by atoms with Crippen LogP contribution in [-0.4, -0.2) is 22.0 Å². The van der Waals surface area contributed by atoms with Gasteiger partial charge >= 0.3 is 6.18 Å². The summed E-state index contributed by atoms with van der Waals surface area (Å²) in [5.74, 6) is 0. The molecule has 0 bridgehead atoms. The third kappa shape index (κ3) is 4.66. The minimum atomic E-state index is -4.44. The van der Waals surface area contributed by atoms with Crippen molar-refractivity contribution in [3.05, 3.63) is 77.3 Å². The number of fused-ring (bicyclic) bond motifs is 1. The maximum absolute atomic E-state index is 14.4. The smallest absolute Gasteiger partial charge is 0.340 e. The van der Waals surface area contributed by atoms with E-state index in [1.807, 2.05) is 30.6 Å². The Bertz CT molecular complexity index is 1190. The fraction of sp³-hybridized carbons (Fsp3) is 0.280. The van der Waals surface area contributed by atoms with Crippen LogP contribution in [0.3, 0.4) is 0 Å². The zero-order valence-corrected chi connectivity index (χ0v) is 18.1. The molecule has 32 heavy (non-hydrogen) atoms. The van der Waals surface area contributed by atoms with Gasteiger partial charge in [0.2, 0.25) is 0 Å². The van der Waals surface area contributed by atoms with Gasteiger partial charge in [-0.2, -0.15) is 13.2 Å². The highest BCUT2D eigenvalue weighted by atomic mass is 19.4. The maximum atomic E-state index is 14.4. The van der Waals surface area contributed by atoms with Crippen molar-refractivity contribution in [2.75, 3.05) is 0 Å². The Hall–Kier alpha value is -3.22. The van der Waals surface area contributed by atoms with E-state index in [0.29, 0.717) is 35.0 Å². The zero-order valence-electron chi connectivity index (χ0n) is 18.1. The van der Waals surface area contributed by atoms with E-state index in [9.17, 15) is 17.6 Å². The van der Waals surface area contributed by atoms with Gasteiger partial charge in [-0.05, 0) is 50.6 Å². The van der Waals surface area contributed by atoms with Crippen molar-refractivity contribution in [3.8, 4) is 11.1 Å². The fourth-order valence-corrected chi connectivity index (χ4v) is 3.93. The van der Waals surface area contributed by atoms with Crippen molar-refractivity contribution in [2.45, 2.75) is 46.1 Å². The number of carbonyl (C=O) groups is 1. The lowest BCUT2D eigenvalue weighted by Gasteiger charge is -2.17. The van der Waals surface area contributed by atoms with Crippen LogP contribution in [0.1, 0.15) is 30.3 Å². The molecule has 3 aromatic rings. The second kappa shape index (κ2) is 9.51. The predicted molar refractivity (Wildman–Crippen MR) is 118 cm³/mol. The minimum absolute atomic E-state index is 0.290. The van der Waals surface area contributed by atoms with Gasteiger partial charge in [0.15, 0.2) is 0 Å². The molecule has 168 valence electrons. The summed E-state index contributed by atoms with van der Waals surface area (Å²) < 4.78 is 56.4. The Labute approximate surface area is 184 Å². The number of carbonyl (C=O) groups excluding carboxylic acids is 1. The van der Waals surface area contributed by atoms with Gasteiger partial charge in [0.25, 0.3) is 0 Å². The van der Waals surface area contributed by atoms with Gasteiger partial charge in [0, 0.05) is 52.6 Å². The van der Waals surface area contributed by atoms with Crippen LogP contribution in [0.15, 0.2) is 60.3 Å². The molecule has 2 aromatic heterocycles. The lowest BCUT2D eigenvalue weighted by molar-refractivity contribution is -0.137. The van der Waals surface area contributed by atoms with Crippen molar-refractivity contribution in [1.82, 2.24) is 9.55 Å². The summed E-state index contributed by atoms with van der Waals surface area (Å²) in [7, 11) is 0. The normalized spacial score (nSPS) is 15.8. The third-order valence-corrected chi connectivity index (χ3v) is 5.46. The van der Waals surface area contributed by atoms with Crippen molar-refractivity contribution in [2.24, 2.45) is 0 Å². The molecule has 1 aliphatic rings. The van der Waals surface area contributed by atoms with E-state index in [-0.39, 0.29) is 0 Å². The molecule has 7 heteroatoms. The number of aldehydes is 1. The molecule has 0 fully saturated rings. The van der Waals surface area contributed by atoms with Crippen molar-refractivity contribution < 1.29 is 22.4 Å². The van der Waals surface area contributed by atoms with Gasteiger partial charge in [0.05, 0.1) is 5.56 Å². The van der Waals surface area contributed by atoms with Crippen molar-refractivity contribution in [3.63, 3.8) is 0 Å². The molecule has 4 rings (SSSR count). The number of benzene rings is 1. The summed E-state index contributed by atoms with van der Waals surface area (Å²) in [6.07, 6.45) is 2.54. The van der Waals surface area contributed by atoms with Crippen LogP contribution in [0.5, 0.6) is 0 Å². The largest absolute Gasteiger partial charge is 0.416 e. The van der Waals surface area contributed by atoms with Crippen molar-refractivity contribution >= 4 is 17.2 Å². The summed E-state index contributed by atoms with van der Waals surface area (Å²) >= 11 is 0. The van der Waals surface area contributed by atoms with Crippen LogP contribution in [0, 0.1) is 13.8 Å². The average molecular weight is 444 g/mol. The number of rotatable bonds is 3. The van der Waals surface area contributed by atoms with E-state index in [4.69, 9.17) is 4.79 Å². The molecule has 1 aromatic carbocycles. The number of aryl methyl sites for hydroxylation is 1. The van der Waals surface area contributed by atoms with Crippen LogP contribution in [0.4, 0.5) is 17.6 Å². The second-order valence-electron chi connectivity index (χ2n) is 7.52. The maximum Gasteiger partial charge on any atom is 0.416 e. The van der Waals surface area contributed by atoms with Crippen LogP contribution in [-0.2, 0) is 17.5 Å². The van der Waals surface area contributed by atoms with Gasteiger partial charge < -0.3 is 9.36 Å². The number of halogens is 4. The number of pyridine rings is 1. The molecule has 0 saturated heterocycles. The van der Waals surface area contributed by atoms with Crippen molar-refractivity contribution in [1.29, 1.82) is 0 Å². The summed E-state index contributed by atoms with van der Waals surface area (Å²) in [5, 5.41) is 0.496.